The molecule has 0 radical (unpaired) electrons. The van der Waals surface area contributed by atoms with Crippen LogP contribution >= 0.6 is 0 Å². The summed E-state index contributed by atoms with van der Waals surface area (Å²) in [5.41, 5.74) is 0.985. The first-order valence-corrected chi connectivity index (χ1v) is 7.85. The fraction of sp³-hybridized carbons (Fsp3) is 0.500. The molecule has 3 heterocycles. The Morgan fingerprint density at radius 2 is 2.18 bits per heavy atom. The van der Waals surface area contributed by atoms with E-state index in [-0.39, 0.29) is 5.91 Å². The first kappa shape index (κ1) is 14.8. The SMILES string of the molecule is CCn1cc(CNC(=O)c2ccc(CN3CCCC3)o2)cn1. The van der Waals surface area contributed by atoms with Crippen LogP contribution in [0.5, 0.6) is 0 Å². The molecule has 0 aliphatic carbocycles. The van der Waals surface area contributed by atoms with Crippen LogP contribution in [-0.2, 0) is 19.6 Å². The average Bonchev–Trinajstić information content (AvgIpc) is 3.27. The second kappa shape index (κ2) is 6.79. The van der Waals surface area contributed by atoms with Crippen LogP contribution in [0.15, 0.2) is 28.9 Å². The molecule has 22 heavy (non-hydrogen) atoms. The number of nitrogens with zero attached hydrogens (tertiary/aromatic N) is 3. The van der Waals surface area contributed by atoms with E-state index in [1.807, 2.05) is 23.9 Å². The lowest BCUT2D eigenvalue weighted by Crippen LogP contribution is -2.22. The third kappa shape index (κ3) is 3.57. The van der Waals surface area contributed by atoms with Gasteiger partial charge in [-0.3, -0.25) is 14.4 Å². The van der Waals surface area contributed by atoms with Crippen LogP contribution in [0.4, 0.5) is 0 Å². The minimum atomic E-state index is -0.183. The molecule has 6 heteroatoms. The standard InChI is InChI=1S/C16H22N4O2/c1-2-20-11-13(10-18-20)9-17-16(21)15-6-5-14(22-15)12-19-7-3-4-8-19/h5-6,10-11H,2-4,7-9,12H2,1H3,(H,17,21). The Bertz CT molecular complexity index is 626. The summed E-state index contributed by atoms with van der Waals surface area (Å²) in [7, 11) is 0. The third-order valence-electron chi connectivity index (χ3n) is 3.93. The lowest BCUT2D eigenvalue weighted by Gasteiger charge is -2.11. The zero-order valence-electron chi connectivity index (χ0n) is 12.9. The first-order valence-electron chi connectivity index (χ1n) is 7.85. The quantitative estimate of drug-likeness (QED) is 0.887. The molecular formula is C16H22N4O2. The third-order valence-corrected chi connectivity index (χ3v) is 3.93. The summed E-state index contributed by atoms with van der Waals surface area (Å²) in [5.74, 6) is 1.04. The zero-order valence-corrected chi connectivity index (χ0v) is 12.9. The number of aromatic nitrogens is 2. The first-order chi connectivity index (χ1) is 10.7. The molecule has 2 aromatic heterocycles. The topological polar surface area (TPSA) is 63.3 Å². The number of amides is 1. The Kier molecular flexibility index (Phi) is 4.58. The number of carbonyl (C=O) groups excluding carboxylic acids is 1. The molecule has 6 nitrogen and oxygen atoms in total. The zero-order chi connectivity index (χ0) is 15.4. The normalized spacial score (nSPS) is 15.3. The smallest absolute Gasteiger partial charge is 0.287 e. The molecule has 2 aromatic rings. The summed E-state index contributed by atoms with van der Waals surface area (Å²) in [6, 6.07) is 3.64. The Morgan fingerprint density at radius 1 is 1.36 bits per heavy atom. The molecule has 118 valence electrons. The second-order valence-corrected chi connectivity index (χ2v) is 5.64. The molecule has 1 N–H and O–H groups in total. The van der Waals surface area contributed by atoms with Gasteiger partial charge in [0, 0.05) is 24.8 Å². The van der Waals surface area contributed by atoms with Gasteiger partial charge in [-0.25, -0.2) is 0 Å². The van der Waals surface area contributed by atoms with Crippen molar-refractivity contribution < 1.29 is 9.21 Å². The molecule has 1 amide bonds. The van der Waals surface area contributed by atoms with Gasteiger partial charge in [0.1, 0.15) is 5.76 Å². The van der Waals surface area contributed by atoms with E-state index in [0.717, 1.165) is 37.5 Å². The van der Waals surface area contributed by atoms with Crippen molar-refractivity contribution in [3.8, 4) is 0 Å². The monoisotopic (exact) mass is 302 g/mol. The fourth-order valence-corrected chi connectivity index (χ4v) is 2.69. The Hall–Kier alpha value is -2.08. The van der Waals surface area contributed by atoms with E-state index in [1.54, 1.807) is 12.3 Å². The highest BCUT2D eigenvalue weighted by Crippen LogP contribution is 2.15. The van der Waals surface area contributed by atoms with Crippen molar-refractivity contribution in [2.75, 3.05) is 13.1 Å². The Morgan fingerprint density at radius 3 is 2.91 bits per heavy atom. The molecule has 1 aliphatic heterocycles. The molecule has 0 atom stereocenters. The van der Waals surface area contributed by atoms with Gasteiger partial charge in [0.2, 0.25) is 0 Å². The molecule has 0 aromatic carbocycles. The van der Waals surface area contributed by atoms with Crippen LogP contribution < -0.4 is 5.32 Å². The van der Waals surface area contributed by atoms with Gasteiger partial charge >= 0.3 is 0 Å². The maximum atomic E-state index is 12.1. The van der Waals surface area contributed by atoms with Crippen molar-refractivity contribution >= 4 is 5.91 Å². The summed E-state index contributed by atoms with van der Waals surface area (Å²) >= 11 is 0. The molecule has 1 aliphatic rings. The molecule has 0 unspecified atom stereocenters. The number of likely N-dealkylation sites (tertiary alicyclic amines) is 1. The van der Waals surface area contributed by atoms with Gasteiger partial charge in [-0.05, 0) is 45.0 Å². The van der Waals surface area contributed by atoms with Gasteiger partial charge in [-0.15, -0.1) is 0 Å². The van der Waals surface area contributed by atoms with Gasteiger partial charge in [0.05, 0.1) is 12.7 Å². The van der Waals surface area contributed by atoms with E-state index in [1.165, 1.54) is 12.8 Å². The molecule has 0 spiro atoms. The molecule has 1 saturated heterocycles. The summed E-state index contributed by atoms with van der Waals surface area (Å²) in [5, 5.41) is 7.04. The number of furan rings is 1. The van der Waals surface area contributed by atoms with Crippen LogP contribution in [-0.4, -0.2) is 33.7 Å². The van der Waals surface area contributed by atoms with Crippen LogP contribution in [0, 0.1) is 0 Å². The fourth-order valence-electron chi connectivity index (χ4n) is 2.69. The number of nitrogens with one attached hydrogen (secondary N) is 1. The van der Waals surface area contributed by atoms with Crippen LogP contribution in [0.1, 0.15) is 41.6 Å². The van der Waals surface area contributed by atoms with E-state index < -0.39 is 0 Å². The van der Waals surface area contributed by atoms with Crippen LogP contribution in [0.25, 0.3) is 0 Å². The molecule has 0 saturated carbocycles. The minimum absolute atomic E-state index is 0.183. The number of hydrogen-bond donors (Lipinski definition) is 1. The number of hydrogen-bond acceptors (Lipinski definition) is 4. The number of rotatable bonds is 6. The van der Waals surface area contributed by atoms with Crippen molar-refractivity contribution in [1.29, 1.82) is 0 Å². The predicted octanol–water partition coefficient (Wildman–Crippen LogP) is 2.02. The summed E-state index contributed by atoms with van der Waals surface area (Å²) in [6.07, 6.45) is 6.20. The number of aryl methyl sites for hydroxylation is 1. The molecule has 1 fully saturated rings. The van der Waals surface area contributed by atoms with E-state index in [9.17, 15) is 4.79 Å². The highest BCUT2D eigenvalue weighted by atomic mass is 16.4. The Labute approximate surface area is 130 Å². The van der Waals surface area contributed by atoms with Gasteiger partial charge in [-0.2, -0.15) is 5.10 Å². The van der Waals surface area contributed by atoms with Crippen LogP contribution in [0.2, 0.25) is 0 Å². The van der Waals surface area contributed by atoms with Gasteiger partial charge < -0.3 is 9.73 Å². The van der Waals surface area contributed by atoms with Crippen molar-refractivity contribution in [1.82, 2.24) is 20.0 Å². The van der Waals surface area contributed by atoms with E-state index in [2.05, 4.69) is 15.3 Å². The van der Waals surface area contributed by atoms with Gasteiger partial charge in [0.15, 0.2) is 5.76 Å². The van der Waals surface area contributed by atoms with Crippen molar-refractivity contribution in [3.05, 3.63) is 41.6 Å². The van der Waals surface area contributed by atoms with Crippen molar-refractivity contribution in [2.45, 2.75) is 39.4 Å². The summed E-state index contributed by atoms with van der Waals surface area (Å²) in [6.45, 7) is 6.33. The minimum Gasteiger partial charge on any atom is -0.455 e. The molecule has 0 bridgehead atoms. The van der Waals surface area contributed by atoms with Crippen molar-refractivity contribution in [2.24, 2.45) is 0 Å². The Balaban J connectivity index is 1.52. The van der Waals surface area contributed by atoms with Gasteiger partial charge in [0.25, 0.3) is 5.91 Å². The van der Waals surface area contributed by atoms with E-state index in [0.29, 0.717) is 12.3 Å². The highest BCUT2D eigenvalue weighted by Gasteiger charge is 2.16. The van der Waals surface area contributed by atoms with Crippen LogP contribution in [0.3, 0.4) is 0 Å². The maximum Gasteiger partial charge on any atom is 0.287 e. The van der Waals surface area contributed by atoms with Crippen molar-refractivity contribution in [3.63, 3.8) is 0 Å². The number of carbonyl (C=O) groups is 1. The lowest BCUT2D eigenvalue weighted by molar-refractivity contribution is 0.0919. The molecule has 3 rings (SSSR count). The largest absolute Gasteiger partial charge is 0.455 e. The highest BCUT2D eigenvalue weighted by molar-refractivity contribution is 5.91. The predicted molar refractivity (Wildman–Crippen MR) is 82.3 cm³/mol. The maximum absolute atomic E-state index is 12.1. The second-order valence-electron chi connectivity index (χ2n) is 5.64. The molecular weight excluding hydrogens is 280 g/mol. The van der Waals surface area contributed by atoms with E-state index >= 15 is 0 Å². The average molecular weight is 302 g/mol. The van der Waals surface area contributed by atoms with E-state index in [4.69, 9.17) is 4.42 Å². The van der Waals surface area contributed by atoms with Gasteiger partial charge in [-0.1, -0.05) is 0 Å². The summed E-state index contributed by atoms with van der Waals surface area (Å²) < 4.78 is 7.48. The summed E-state index contributed by atoms with van der Waals surface area (Å²) in [4.78, 5) is 14.4. The lowest BCUT2D eigenvalue weighted by atomic mass is 10.3.